The monoisotopic (exact) mass is 388 g/mol. The molecule has 10 heteroatoms. The zero-order valence-electron chi connectivity index (χ0n) is 15.2. The molecule has 0 bridgehead atoms. The van der Waals surface area contributed by atoms with Gasteiger partial charge in [0.1, 0.15) is 5.82 Å². The SMILES string of the molecule is COC(C)CC(=O)N[C@@H]1CN(C(=O)CCc2ncccn2)C[C@H]1C(F)(F)F. The van der Waals surface area contributed by atoms with E-state index in [1.165, 1.54) is 19.5 Å². The van der Waals surface area contributed by atoms with Crippen molar-refractivity contribution >= 4 is 11.8 Å². The molecule has 0 aliphatic carbocycles. The first-order valence-corrected chi connectivity index (χ1v) is 8.63. The molecule has 150 valence electrons. The number of likely N-dealkylation sites (tertiary alicyclic amines) is 1. The number of alkyl halides is 3. The van der Waals surface area contributed by atoms with Gasteiger partial charge in [0, 0.05) is 45.4 Å². The summed E-state index contributed by atoms with van der Waals surface area (Å²) in [6.45, 7) is 1.01. The number of ether oxygens (including phenoxy) is 1. The molecule has 0 aromatic carbocycles. The molecule has 1 aliphatic rings. The Morgan fingerprint density at radius 2 is 2.00 bits per heavy atom. The molecule has 2 rings (SSSR count). The fourth-order valence-electron chi connectivity index (χ4n) is 2.93. The summed E-state index contributed by atoms with van der Waals surface area (Å²) in [5.74, 6) is -2.29. The summed E-state index contributed by atoms with van der Waals surface area (Å²) in [7, 11) is 1.42. The summed E-state index contributed by atoms with van der Waals surface area (Å²) in [5, 5.41) is 2.40. The van der Waals surface area contributed by atoms with E-state index in [1.807, 2.05) is 0 Å². The van der Waals surface area contributed by atoms with Crippen molar-refractivity contribution in [2.24, 2.45) is 5.92 Å². The highest BCUT2D eigenvalue weighted by molar-refractivity contribution is 5.78. The van der Waals surface area contributed by atoms with Crippen molar-refractivity contribution in [2.45, 2.75) is 44.5 Å². The van der Waals surface area contributed by atoms with Gasteiger partial charge in [0.25, 0.3) is 0 Å². The van der Waals surface area contributed by atoms with E-state index in [0.29, 0.717) is 5.82 Å². The predicted octanol–water partition coefficient (Wildman–Crippen LogP) is 1.34. The first-order chi connectivity index (χ1) is 12.7. The smallest absolute Gasteiger partial charge is 0.381 e. The Balaban J connectivity index is 1.96. The highest BCUT2D eigenvalue weighted by Crippen LogP contribution is 2.34. The fraction of sp³-hybridized carbons (Fsp3) is 0.647. The lowest BCUT2D eigenvalue weighted by Gasteiger charge is -2.22. The Morgan fingerprint density at radius 1 is 1.33 bits per heavy atom. The second kappa shape index (κ2) is 9.12. The third-order valence-electron chi connectivity index (χ3n) is 4.50. The molecule has 2 amide bonds. The van der Waals surface area contributed by atoms with Crippen LogP contribution in [0, 0.1) is 5.92 Å². The molecule has 1 aliphatic heterocycles. The van der Waals surface area contributed by atoms with Gasteiger partial charge in [-0.25, -0.2) is 9.97 Å². The zero-order valence-corrected chi connectivity index (χ0v) is 15.2. The largest absolute Gasteiger partial charge is 0.395 e. The van der Waals surface area contributed by atoms with Crippen LogP contribution in [-0.4, -0.2) is 65.2 Å². The molecule has 3 atom stereocenters. The number of aryl methyl sites for hydroxylation is 1. The third-order valence-corrected chi connectivity index (χ3v) is 4.50. The van der Waals surface area contributed by atoms with Gasteiger partial charge in [0.2, 0.25) is 11.8 Å². The van der Waals surface area contributed by atoms with Crippen LogP contribution in [-0.2, 0) is 20.7 Å². The van der Waals surface area contributed by atoms with E-state index in [9.17, 15) is 22.8 Å². The van der Waals surface area contributed by atoms with Gasteiger partial charge >= 0.3 is 6.18 Å². The predicted molar refractivity (Wildman–Crippen MR) is 89.5 cm³/mol. The van der Waals surface area contributed by atoms with Crippen LogP contribution in [0.4, 0.5) is 13.2 Å². The molecule has 1 unspecified atom stereocenters. The lowest BCUT2D eigenvalue weighted by atomic mass is 10.0. The molecular weight excluding hydrogens is 365 g/mol. The van der Waals surface area contributed by atoms with Gasteiger partial charge in [-0.1, -0.05) is 0 Å². The zero-order chi connectivity index (χ0) is 20.0. The standard InChI is InChI=1S/C17H23F3N4O3/c1-11(27-2)8-15(25)23-13-10-24(9-12(13)17(18,19)20)16(26)5-4-14-21-6-3-7-22-14/h3,6-7,11-13H,4-5,8-10H2,1-2H3,(H,23,25)/t11?,12-,13-/m1/s1. The number of hydrogen-bond acceptors (Lipinski definition) is 5. The summed E-state index contributed by atoms with van der Waals surface area (Å²) in [6, 6.07) is 0.468. The van der Waals surface area contributed by atoms with Crippen molar-refractivity contribution < 1.29 is 27.5 Å². The molecule has 2 heterocycles. The second-order valence-electron chi connectivity index (χ2n) is 6.54. The van der Waals surface area contributed by atoms with E-state index in [-0.39, 0.29) is 25.8 Å². The fourth-order valence-corrected chi connectivity index (χ4v) is 2.93. The number of amides is 2. The van der Waals surface area contributed by atoms with Crippen LogP contribution >= 0.6 is 0 Å². The number of nitrogens with zero attached hydrogens (tertiary/aromatic N) is 3. The number of aromatic nitrogens is 2. The number of methoxy groups -OCH3 is 1. The Morgan fingerprint density at radius 3 is 2.59 bits per heavy atom. The maximum Gasteiger partial charge on any atom is 0.395 e. The lowest BCUT2D eigenvalue weighted by molar-refractivity contribution is -0.176. The minimum atomic E-state index is -4.51. The van der Waals surface area contributed by atoms with Crippen LogP contribution in [0.5, 0.6) is 0 Å². The van der Waals surface area contributed by atoms with E-state index in [0.717, 1.165) is 4.90 Å². The van der Waals surface area contributed by atoms with Gasteiger partial charge < -0.3 is 15.0 Å². The summed E-state index contributed by atoms with van der Waals surface area (Å²) in [5.41, 5.74) is 0. The number of halogens is 3. The molecule has 0 saturated carbocycles. The Kier molecular flexibility index (Phi) is 7.11. The second-order valence-corrected chi connectivity index (χ2v) is 6.54. The van der Waals surface area contributed by atoms with Gasteiger partial charge in [-0.3, -0.25) is 9.59 Å². The number of rotatable bonds is 7. The molecule has 1 N–H and O–H groups in total. The topological polar surface area (TPSA) is 84.4 Å². The average Bonchev–Trinajstić information content (AvgIpc) is 3.04. The van der Waals surface area contributed by atoms with Gasteiger partial charge in [-0.2, -0.15) is 13.2 Å². The van der Waals surface area contributed by atoms with Crippen LogP contribution in [0.1, 0.15) is 25.6 Å². The number of nitrogens with one attached hydrogen (secondary N) is 1. The Hall–Kier alpha value is -2.23. The molecule has 0 spiro atoms. The highest BCUT2D eigenvalue weighted by Gasteiger charge is 2.51. The molecule has 1 fully saturated rings. The van der Waals surface area contributed by atoms with E-state index in [4.69, 9.17) is 4.74 Å². The number of carbonyl (C=O) groups excluding carboxylic acids is 2. The molecule has 7 nitrogen and oxygen atoms in total. The van der Waals surface area contributed by atoms with Crippen molar-refractivity contribution in [2.75, 3.05) is 20.2 Å². The number of hydrogen-bond donors (Lipinski definition) is 1. The third kappa shape index (κ3) is 6.16. The first kappa shape index (κ1) is 21.1. The van der Waals surface area contributed by atoms with E-state index in [2.05, 4.69) is 15.3 Å². The molecule has 1 saturated heterocycles. The molecule has 1 aromatic heterocycles. The van der Waals surface area contributed by atoms with Crippen molar-refractivity contribution in [3.05, 3.63) is 24.3 Å². The average molecular weight is 388 g/mol. The van der Waals surface area contributed by atoms with Crippen molar-refractivity contribution in [1.29, 1.82) is 0 Å². The van der Waals surface area contributed by atoms with Crippen LogP contribution < -0.4 is 5.32 Å². The Labute approximate surface area is 155 Å². The van der Waals surface area contributed by atoms with Gasteiger partial charge in [0.05, 0.1) is 24.5 Å². The maximum atomic E-state index is 13.3. The van der Waals surface area contributed by atoms with Crippen LogP contribution in [0.25, 0.3) is 0 Å². The minimum absolute atomic E-state index is 0.00989. The summed E-state index contributed by atoms with van der Waals surface area (Å²) in [4.78, 5) is 33.4. The Bertz CT molecular complexity index is 642. The number of carbonyl (C=O) groups is 2. The quantitative estimate of drug-likeness (QED) is 0.762. The van der Waals surface area contributed by atoms with E-state index >= 15 is 0 Å². The summed E-state index contributed by atoms with van der Waals surface area (Å²) < 4.78 is 45.0. The summed E-state index contributed by atoms with van der Waals surface area (Å²) >= 11 is 0. The van der Waals surface area contributed by atoms with Crippen molar-refractivity contribution in [3.8, 4) is 0 Å². The molecular formula is C17H23F3N4O3. The van der Waals surface area contributed by atoms with Crippen molar-refractivity contribution in [3.63, 3.8) is 0 Å². The van der Waals surface area contributed by atoms with E-state index < -0.39 is 42.6 Å². The van der Waals surface area contributed by atoms with Crippen molar-refractivity contribution in [1.82, 2.24) is 20.2 Å². The van der Waals surface area contributed by atoms with Gasteiger partial charge in [-0.05, 0) is 13.0 Å². The minimum Gasteiger partial charge on any atom is -0.381 e. The molecule has 0 radical (unpaired) electrons. The normalized spacial score (nSPS) is 21.1. The molecule has 27 heavy (non-hydrogen) atoms. The van der Waals surface area contributed by atoms with Crippen LogP contribution in [0.3, 0.4) is 0 Å². The van der Waals surface area contributed by atoms with Crippen LogP contribution in [0.2, 0.25) is 0 Å². The summed E-state index contributed by atoms with van der Waals surface area (Å²) in [6.07, 6.45) is -1.63. The van der Waals surface area contributed by atoms with Gasteiger partial charge in [0.15, 0.2) is 0 Å². The highest BCUT2D eigenvalue weighted by atomic mass is 19.4. The molecule has 1 aromatic rings. The first-order valence-electron chi connectivity index (χ1n) is 8.63. The van der Waals surface area contributed by atoms with E-state index in [1.54, 1.807) is 13.0 Å². The van der Waals surface area contributed by atoms with Crippen LogP contribution in [0.15, 0.2) is 18.5 Å². The lowest BCUT2D eigenvalue weighted by Crippen LogP contribution is -2.46. The van der Waals surface area contributed by atoms with Gasteiger partial charge in [-0.15, -0.1) is 0 Å². The maximum absolute atomic E-state index is 13.3.